The molecule has 1 aliphatic heterocycles. The number of likely N-dealkylation sites (tertiary alicyclic amines) is 1. The lowest BCUT2D eigenvalue weighted by Gasteiger charge is -2.32. The van der Waals surface area contributed by atoms with E-state index in [-0.39, 0.29) is 5.25 Å². The molecule has 1 heterocycles. The summed E-state index contributed by atoms with van der Waals surface area (Å²) in [5.41, 5.74) is 0. The molecule has 0 aliphatic carbocycles. The van der Waals surface area contributed by atoms with Gasteiger partial charge in [-0.2, -0.15) is 0 Å². The molecule has 0 N–H and O–H groups in total. The van der Waals surface area contributed by atoms with E-state index in [1.807, 2.05) is 29.2 Å². The summed E-state index contributed by atoms with van der Waals surface area (Å²) in [6.07, 6.45) is 3.12. The van der Waals surface area contributed by atoms with Crippen molar-refractivity contribution in [1.82, 2.24) is 4.90 Å². The molecule has 1 aliphatic rings. The summed E-state index contributed by atoms with van der Waals surface area (Å²) in [6, 6.07) is 7.73. The molecule has 1 amide bonds. The lowest BCUT2D eigenvalue weighted by atomic mass is 9.99. The minimum Gasteiger partial charge on any atom is -0.342 e. The Hall–Kier alpha value is -0.670. The van der Waals surface area contributed by atoms with Crippen LogP contribution in [0.15, 0.2) is 29.2 Å². The molecule has 2 rings (SSSR count). The zero-order valence-electron chi connectivity index (χ0n) is 12.1. The highest BCUT2D eigenvalue weighted by atomic mass is 35.5. The van der Waals surface area contributed by atoms with E-state index in [4.69, 9.17) is 11.6 Å². The fourth-order valence-corrected chi connectivity index (χ4v) is 3.58. The van der Waals surface area contributed by atoms with Gasteiger partial charge in [-0.25, -0.2) is 0 Å². The van der Waals surface area contributed by atoms with Crippen molar-refractivity contribution in [1.29, 1.82) is 0 Å². The number of amides is 1. The zero-order chi connectivity index (χ0) is 14.5. The first-order valence-corrected chi connectivity index (χ1v) is 8.57. The molecule has 0 aromatic heterocycles. The van der Waals surface area contributed by atoms with Gasteiger partial charge in [0.25, 0.3) is 0 Å². The molecule has 1 fully saturated rings. The molecule has 0 radical (unpaired) electrons. The average Bonchev–Trinajstić information content (AvgIpc) is 2.47. The van der Waals surface area contributed by atoms with Gasteiger partial charge in [0.2, 0.25) is 5.91 Å². The first kappa shape index (κ1) is 15.7. The van der Waals surface area contributed by atoms with Gasteiger partial charge in [-0.05, 0) is 49.4 Å². The number of hydrogen-bond donors (Lipinski definition) is 0. The Morgan fingerprint density at radius 3 is 2.50 bits per heavy atom. The number of rotatable bonds is 4. The monoisotopic (exact) mass is 311 g/mol. The van der Waals surface area contributed by atoms with Crippen LogP contribution in [0, 0.1) is 5.92 Å². The minimum atomic E-state index is 0.0181. The van der Waals surface area contributed by atoms with Crippen LogP contribution < -0.4 is 0 Å². The summed E-state index contributed by atoms with van der Waals surface area (Å²) in [7, 11) is 0. The summed E-state index contributed by atoms with van der Waals surface area (Å²) in [5, 5.41) is 0.753. The van der Waals surface area contributed by atoms with Crippen LogP contribution >= 0.6 is 23.4 Å². The van der Waals surface area contributed by atoms with Crippen LogP contribution in [0.5, 0.6) is 0 Å². The molecule has 2 nitrogen and oxygen atoms in total. The molecule has 0 unspecified atom stereocenters. The second-order valence-electron chi connectivity index (χ2n) is 5.48. The van der Waals surface area contributed by atoms with Crippen LogP contribution in [0.2, 0.25) is 5.02 Å². The van der Waals surface area contributed by atoms with Gasteiger partial charge >= 0.3 is 0 Å². The van der Waals surface area contributed by atoms with Crippen LogP contribution in [0.1, 0.15) is 33.1 Å². The average molecular weight is 312 g/mol. The summed E-state index contributed by atoms with van der Waals surface area (Å²) >= 11 is 7.55. The molecule has 1 aromatic rings. The lowest BCUT2D eigenvalue weighted by Crippen LogP contribution is -2.42. The molecule has 0 bridgehead atoms. The normalized spacial score (nSPS) is 18.1. The Labute approximate surface area is 130 Å². The number of carbonyl (C=O) groups excluding carboxylic acids is 1. The van der Waals surface area contributed by atoms with E-state index < -0.39 is 0 Å². The largest absolute Gasteiger partial charge is 0.342 e. The number of nitrogens with zero attached hydrogens (tertiary/aromatic N) is 1. The first-order chi connectivity index (χ1) is 9.60. The van der Waals surface area contributed by atoms with Crippen molar-refractivity contribution in [2.75, 3.05) is 13.1 Å². The third-order valence-corrected chi connectivity index (χ3v) is 5.45. The van der Waals surface area contributed by atoms with Gasteiger partial charge in [-0.3, -0.25) is 4.79 Å². The highest BCUT2D eigenvalue weighted by molar-refractivity contribution is 8.00. The van der Waals surface area contributed by atoms with E-state index in [1.165, 1.54) is 0 Å². The zero-order valence-corrected chi connectivity index (χ0v) is 13.7. The molecule has 110 valence electrons. The molecular weight excluding hydrogens is 290 g/mol. The number of hydrogen-bond acceptors (Lipinski definition) is 2. The smallest absolute Gasteiger partial charge is 0.236 e. The van der Waals surface area contributed by atoms with Crippen LogP contribution in [0.25, 0.3) is 0 Å². The van der Waals surface area contributed by atoms with Crippen molar-refractivity contribution in [2.24, 2.45) is 5.92 Å². The predicted molar refractivity (Wildman–Crippen MR) is 86.4 cm³/mol. The highest BCUT2D eigenvalue weighted by Crippen LogP contribution is 2.29. The van der Waals surface area contributed by atoms with Gasteiger partial charge in [0.15, 0.2) is 0 Å². The van der Waals surface area contributed by atoms with Crippen molar-refractivity contribution < 1.29 is 4.79 Å². The molecule has 1 saturated heterocycles. The quantitative estimate of drug-likeness (QED) is 0.765. The number of piperidine rings is 1. The molecule has 0 spiro atoms. The van der Waals surface area contributed by atoms with Crippen molar-refractivity contribution in [3.8, 4) is 0 Å². The Morgan fingerprint density at radius 1 is 1.35 bits per heavy atom. The van der Waals surface area contributed by atoms with Crippen LogP contribution in [0.3, 0.4) is 0 Å². The molecular formula is C16H22ClNOS. The van der Waals surface area contributed by atoms with Gasteiger partial charge < -0.3 is 4.90 Å². The lowest BCUT2D eigenvalue weighted by molar-refractivity contribution is -0.131. The Morgan fingerprint density at radius 2 is 1.95 bits per heavy atom. The Balaban J connectivity index is 1.97. The third-order valence-electron chi connectivity index (χ3n) is 3.83. The molecule has 20 heavy (non-hydrogen) atoms. The third kappa shape index (κ3) is 4.16. The second-order valence-corrected chi connectivity index (χ2v) is 7.19. The number of benzene rings is 1. The van der Waals surface area contributed by atoms with Crippen LogP contribution in [-0.2, 0) is 4.79 Å². The van der Waals surface area contributed by atoms with Gasteiger partial charge in [-0.1, -0.05) is 25.4 Å². The second kappa shape index (κ2) is 7.37. The maximum atomic E-state index is 12.6. The van der Waals surface area contributed by atoms with Gasteiger partial charge in [0.1, 0.15) is 0 Å². The summed E-state index contributed by atoms with van der Waals surface area (Å²) < 4.78 is 0. The summed E-state index contributed by atoms with van der Waals surface area (Å²) in [5.74, 6) is 1.04. The van der Waals surface area contributed by atoms with E-state index in [0.717, 1.165) is 48.2 Å². The van der Waals surface area contributed by atoms with E-state index in [1.54, 1.807) is 11.8 Å². The number of halogens is 1. The van der Waals surface area contributed by atoms with Crippen molar-refractivity contribution in [2.45, 2.75) is 43.3 Å². The predicted octanol–water partition coefficient (Wildman–Crippen LogP) is 4.47. The SMILES string of the molecule is CC[C@H](Sc1ccc(Cl)cc1)C(=O)N1CCC(C)CC1. The maximum Gasteiger partial charge on any atom is 0.236 e. The van der Waals surface area contributed by atoms with E-state index >= 15 is 0 Å². The first-order valence-electron chi connectivity index (χ1n) is 7.31. The Bertz CT molecular complexity index is 440. The van der Waals surface area contributed by atoms with E-state index in [9.17, 15) is 4.79 Å². The number of thioether (sulfide) groups is 1. The highest BCUT2D eigenvalue weighted by Gasteiger charge is 2.26. The number of carbonyl (C=O) groups is 1. The molecule has 1 atom stereocenters. The van der Waals surface area contributed by atoms with Crippen molar-refractivity contribution in [3.63, 3.8) is 0 Å². The summed E-state index contributed by atoms with van der Waals surface area (Å²) in [6.45, 7) is 6.18. The fraction of sp³-hybridized carbons (Fsp3) is 0.562. The minimum absolute atomic E-state index is 0.0181. The van der Waals surface area contributed by atoms with Crippen LogP contribution in [0.4, 0.5) is 0 Å². The topological polar surface area (TPSA) is 20.3 Å². The van der Waals surface area contributed by atoms with Crippen molar-refractivity contribution in [3.05, 3.63) is 29.3 Å². The van der Waals surface area contributed by atoms with E-state index in [2.05, 4.69) is 13.8 Å². The molecule has 1 aromatic carbocycles. The van der Waals surface area contributed by atoms with Gasteiger partial charge in [-0.15, -0.1) is 11.8 Å². The standard InChI is InChI=1S/C16H22ClNOS/c1-3-15(20-14-6-4-13(17)5-7-14)16(19)18-10-8-12(2)9-11-18/h4-7,12,15H,3,8-11H2,1-2H3/t15-/m0/s1. The maximum absolute atomic E-state index is 12.6. The Kier molecular flexibility index (Phi) is 5.79. The fourth-order valence-electron chi connectivity index (χ4n) is 2.42. The summed E-state index contributed by atoms with van der Waals surface area (Å²) in [4.78, 5) is 15.7. The van der Waals surface area contributed by atoms with Crippen LogP contribution in [-0.4, -0.2) is 29.1 Å². The molecule has 4 heteroatoms. The molecule has 0 saturated carbocycles. The van der Waals surface area contributed by atoms with Gasteiger partial charge in [0, 0.05) is 23.0 Å². The van der Waals surface area contributed by atoms with E-state index in [0.29, 0.717) is 5.91 Å². The van der Waals surface area contributed by atoms with Crippen molar-refractivity contribution >= 4 is 29.3 Å². The van der Waals surface area contributed by atoms with Gasteiger partial charge in [0.05, 0.1) is 5.25 Å².